The van der Waals surface area contributed by atoms with Gasteiger partial charge in [0.2, 0.25) is 0 Å². The number of rotatable bonds is 4. The first-order chi connectivity index (χ1) is 18.6. The Balaban J connectivity index is 1.30. The second-order valence-corrected chi connectivity index (χ2v) is 13.7. The number of benzene rings is 1. The third kappa shape index (κ3) is 3.62. The third-order valence-corrected chi connectivity index (χ3v) is 11.3. The summed E-state index contributed by atoms with van der Waals surface area (Å²) in [6.45, 7) is 7.92. The number of carbonyl (C=O) groups is 2. The molecule has 1 aromatic carbocycles. The molecule has 2 aliphatic heterocycles. The molecule has 0 bridgehead atoms. The van der Waals surface area contributed by atoms with Crippen molar-refractivity contribution in [2.75, 3.05) is 0 Å². The molecule has 216 valence electrons. The third-order valence-electron chi connectivity index (χ3n) is 10.3. The Morgan fingerprint density at radius 1 is 1.10 bits per heavy atom. The number of hydrogen-bond donors (Lipinski definition) is 0. The standard InChI is InChI=1S/C29H31F3O7S/c1-5-20-19-12-18-14(2)17(15-6-8-16(9-7-15)39-40(35,36)29(30,31)32)13-21(18)37-23(19)24-25-27(3,26(34)38-24)11-10-22(33)28(20,25)4/h6-11,17,19-21,23-25H,5,12-13H2,1-4H3/t17-,19+,20+,21+,23+,24+,25+,27-,28+/m1/s1. The van der Waals surface area contributed by atoms with Gasteiger partial charge in [-0.3, -0.25) is 9.59 Å². The monoisotopic (exact) mass is 580 g/mol. The van der Waals surface area contributed by atoms with Crippen LogP contribution in [0.15, 0.2) is 47.6 Å². The first-order valence-corrected chi connectivity index (χ1v) is 14.9. The normalized spacial score (nSPS) is 40.4. The van der Waals surface area contributed by atoms with Gasteiger partial charge in [-0.15, -0.1) is 0 Å². The second kappa shape index (κ2) is 8.67. The first-order valence-electron chi connectivity index (χ1n) is 13.5. The van der Waals surface area contributed by atoms with E-state index >= 15 is 0 Å². The van der Waals surface area contributed by atoms with Crippen LogP contribution in [0, 0.1) is 28.6 Å². The first kappa shape index (κ1) is 27.5. The summed E-state index contributed by atoms with van der Waals surface area (Å²) < 4.78 is 77.8. The van der Waals surface area contributed by atoms with E-state index < -0.39 is 38.3 Å². The SMILES string of the molecule is CC[C@H]1[C@@H]2CC3=C(C)[C@H](c4ccc(OS(=O)(=O)C(F)(F)F)cc4)C[C@@H]3O[C@@H]2[C@@H]2OC(=O)[C@]3(C)C=CC(=O)[C@@]1(C)[C@@H]23. The number of esters is 1. The predicted octanol–water partition coefficient (Wildman–Crippen LogP) is 5.23. The molecule has 0 N–H and O–H groups in total. The number of hydrogen-bond acceptors (Lipinski definition) is 7. The van der Waals surface area contributed by atoms with E-state index in [1.54, 1.807) is 24.3 Å². The van der Waals surface area contributed by atoms with E-state index in [0.717, 1.165) is 23.1 Å². The van der Waals surface area contributed by atoms with Gasteiger partial charge in [0.05, 0.1) is 17.6 Å². The lowest BCUT2D eigenvalue weighted by atomic mass is 9.45. The quantitative estimate of drug-likeness (QED) is 0.208. The van der Waals surface area contributed by atoms with Gasteiger partial charge in [0.25, 0.3) is 0 Å². The summed E-state index contributed by atoms with van der Waals surface area (Å²) in [7, 11) is -5.76. The van der Waals surface area contributed by atoms with Crippen molar-refractivity contribution in [3.8, 4) is 5.75 Å². The van der Waals surface area contributed by atoms with Crippen LogP contribution in [0.5, 0.6) is 5.75 Å². The van der Waals surface area contributed by atoms with E-state index in [0.29, 0.717) is 12.8 Å². The summed E-state index contributed by atoms with van der Waals surface area (Å²) in [6.07, 6.45) is 4.19. The van der Waals surface area contributed by atoms with Crippen LogP contribution in [0.25, 0.3) is 0 Å². The molecule has 6 rings (SSSR count). The average Bonchev–Trinajstić information content (AvgIpc) is 3.35. The van der Waals surface area contributed by atoms with Crippen molar-refractivity contribution >= 4 is 21.9 Å². The fourth-order valence-electron chi connectivity index (χ4n) is 8.46. The van der Waals surface area contributed by atoms with E-state index in [1.165, 1.54) is 12.1 Å². The summed E-state index contributed by atoms with van der Waals surface area (Å²) in [5.41, 5.74) is -4.13. The zero-order valence-corrected chi connectivity index (χ0v) is 23.3. The van der Waals surface area contributed by atoms with Crippen LogP contribution in [-0.2, 0) is 29.2 Å². The van der Waals surface area contributed by atoms with E-state index in [4.69, 9.17) is 9.47 Å². The summed E-state index contributed by atoms with van der Waals surface area (Å²) >= 11 is 0. The number of ether oxygens (including phenoxy) is 2. The Labute approximate surface area is 230 Å². The highest BCUT2D eigenvalue weighted by molar-refractivity contribution is 7.88. The van der Waals surface area contributed by atoms with Crippen LogP contribution >= 0.6 is 0 Å². The molecule has 0 spiro atoms. The maximum Gasteiger partial charge on any atom is 0.534 e. The van der Waals surface area contributed by atoms with Crippen molar-refractivity contribution in [1.29, 1.82) is 0 Å². The lowest BCUT2D eigenvalue weighted by Crippen LogP contribution is -2.64. The molecule has 11 heteroatoms. The van der Waals surface area contributed by atoms with Crippen molar-refractivity contribution < 1.29 is 44.8 Å². The van der Waals surface area contributed by atoms with Crippen LogP contribution in [0.1, 0.15) is 58.4 Å². The van der Waals surface area contributed by atoms with Gasteiger partial charge in [0, 0.05) is 17.3 Å². The number of halogens is 3. The number of alkyl halides is 3. The molecule has 2 heterocycles. The molecule has 3 fully saturated rings. The van der Waals surface area contributed by atoms with Gasteiger partial charge in [0.15, 0.2) is 5.78 Å². The minimum absolute atomic E-state index is 0.0164. The Kier molecular flexibility index (Phi) is 5.96. The second-order valence-electron chi connectivity index (χ2n) is 12.1. The fourth-order valence-corrected chi connectivity index (χ4v) is 8.91. The van der Waals surface area contributed by atoms with Gasteiger partial charge in [-0.25, -0.2) is 0 Å². The molecule has 40 heavy (non-hydrogen) atoms. The highest BCUT2D eigenvalue weighted by Gasteiger charge is 2.72. The highest BCUT2D eigenvalue weighted by atomic mass is 32.2. The minimum atomic E-state index is -5.76. The van der Waals surface area contributed by atoms with E-state index in [9.17, 15) is 31.2 Å². The van der Waals surface area contributed by atoms with Crippen LogP contribution in [0.3, 0.4) is 0 Å². The number of carbonyl (C=O) groups excluding carboxylic acids is 2. The zero-order chi connectivity index (χ0) is 29.0. The van der Waals surface area contributed by atoms with Crippen LogP contribution < -0.4 is 4.18 Å². The lowest BCUT2D eigenvalue weighted by Gasteiger charge is -2.58. The van der Waals surface area contributed by atoms with E-state index in [1.807, 2.05) is 20.8 Å². The molecule has 7 nitrogen and oxygen atoms in total. The molecule has 1 saturated carbocycles. The van der Waals surface area contributed by atoms with Crippen molar-refractivity contribution in [1.82, 2.24) is 0 Å². The summed E-state index contributed by atoms with van der Waals surface area (Å²) in [4.78, 5) is 26.6. The molecule has 9 atom stereocenters. The van der Waals surface area contributed by atoms with E-state index in [-0.39, 0.29) is 47.6 Å². The van der Waals surface area contributed by atoms with E-state index in [2.05, 4.69) is 11.1 Å². The van der Waals surface area contributed by atoms with Crippen molar-refractivity contribution in [2.24, 2.45) is 28.6 Å². The van der Waals surface area contributed by atoms with Gasteiger partial charge in [-0.2, -0.15) is 21.6 Å². The van der Waals surface area contributed by atoms with Crippen molar-refractivity contribution in [3.05, 3.63) is 53.1 Å². The molecule has 5 aliphatic rings. The zero-order valence-electron chi connectivity index (χ0n) is 22.5. The fraction of sp³-hybridized carbons (Fsp3) is 0.586. The number of allylic oxidation sites excluding steroid dienone is 2. The van der Waals surface area contributed by atoms with Gasteiger partial charge < -0.3 is 13.7 Å². The van der Waals surface area contributed by atoms with Crippen LogP contribution in [0.2, 0.25) is 0 Å². The Morgan fingerprint density at radius 2 is 1.77 bits per heavy atom. The van der Waals surface area contributed by atoms with Gasteiger partial charge in [0.1, 0.15) is 11.9 Å². The molecule has 3 aliphatic carbocycles. The maximum atomic E-state index is 13.4. The van der Waals surface area contributed by atoms with Gasteiger partial charge >= 0.3 is 21.6 Å². The largest absolute Gasteiger partial charge is 0.534 e. The molecule has 1 aromatic rings. The average molecular weight is 581 g/mol. The predicted molar refractivity (Wildman–Crippen MR) is 136 cm³/mol. The summed E-state index contributed by atoms with van der Waals surface area (Å²) in [5.74, 6) is -1.17. The Bertz CT molecular complexity index is 1450. The van der Waals surface area contributed by atoms with Crippen molar-refractivity contribution in [3.63, 3.8) is 0 Å². The molecule has 0 unspecified atom stereocenters. The summed E-state index contributed by atoms with van der Waals surface area (Å²) in [5, 5.41) is 0. The van der Waals surface area contributed by atoms with Gasteiger partial charge in [-0.05, 0) is 67.9 Å². The molecule has 2 saturated heterocycles. The Hall–Kier alpha value is -2.66. The molecule has 0 aromatic heterocycles. The maximum absolute atomic E-state index is 13.4. The smallest absolute Gasteiger partial charge is 0.459 e. The minimum Gasteiger partial charge on any atom is -0.459 e. The molecular formula is C29H31F3O7S. The molecule has 0 amide bonds. The molecule has 0 radical (unpaired) electrons. The number of ketones is 1. The topological polar surface area (TPSA) is 96.0 Å². The lowest BCUT2D eigenvalue weighted by molar-refractivity contribution is -0.202. The molecular weight excluding hydrogens is 549 g/mol. The summed E-state index contributed by atoms with van der Waals surface area (Å²) in [6, 6.07) is 5.57. The Morgan fingerprint density at radius 3 is 2.40 bits per heavy atom. The van der Waals surface area contributed by atoms with Crippen LogP contribution in [0.4, 0.5) is 13.2 Å². The highest BCUT2D eigenvalue weighted by Crippen LogP contribution is 2.65. The van der Waals surface area contributed by atoms with Gasteiger partial charge in [-0.1, -0.05) is 44.1 Å². The van der Waals surface area contributed by atoms with Crippen LogP contribution in [-0.4, -0.2) is 44.0 Å². The number of fused-ring (bicyclic) bond motifs is 3. The van der Waals surface area contributed by atoms with Crippen molar-refractivity contribution in [2.45, 2.75) is 76.7 Å².